The summed E-state index contributed by atoms with van der Waals surface area (Å²) in [5, 5.41) is 0. The lowest BCUT2D eigenvalue weighted by molar-refractivity contribution is -0.136. The predicted octanol–water partition coefficient (Wildman–Crippen LogP) is 3.76. The fourth-order valence-electron chi connectivity index (χ4n) is 4.13. The van der Waals surface area contributed by atoms with Gasteiger partial charge < -0.3 is 0 Å². The zero-order chi connectivity index (χ0) is 14.2. The largest absolute Gasteiger partial charge is 0.297 e. The molecule has 0 amide bonds. The quantitative estimate of drug-likeness (QED) is 0.816. The van der Waals surface area contributed by atoms with Crippen molar-refractivity contribution in [2.45, 2.75) is 57.5 Å². The van der Waals surface area contributed by atoms with E-state index in [-0.39, 0.29) is 5.54 Å². The van der Waals surface area contributed by atoms with E-state index in [4.69, 9.17) is 0 Å². The molecule has 1 aromatic rings. The second-order valence-electron chi connectivity index (χ2n) is 6.56. The van der Waals surface area contributed by atoms with Crippen molar-refractivity contribution in [3.05, 3.63) is 35.9 Å². The molecule has 2 heteroatoms. The van der Waals surface area contributed by atoms with E-state index >= 15 is 0 Å². The van der Waals surface area contributed by atoms with E-state index in [1.165, 1.54) is 12.0 Å². The predicted molar refractivity (Wildman–Crippen MR) is 81.5 cm³/mol. The fraction of sp³-hybridized carbons (Fsp3) is 0.611. The number of carbonyl (C=O) groups is 1. The number of likely N-dealkylation sites (tertiary alicyclic amines) is 1. The maximum absolute atomic E-state index is 12.9. The van der Waals surface area contributed by atoms with Crippen LogP contribution in [0.1, 0.15) is 51.5 Å². The fourth-order valence-corrected chi connectivity index (χ4v) is 4.13. The average molecular weight is 271 g/mol. The molecule has 3 rings (SSSR count). The summed E-state index contributed by atoms with van der Waals surface area (Å²) in [4.78, 5) is 15.4. The van der Waals surface area contributed by atoms with Crippen LogP contribution >= 0.6 is 0 Å². The molecule has 2 fully saturated rings. The van der Waals surface area contributed by atoms with Crippen molar-refractivity contribution in [2.75, 3.05) is 6.54 Å². The molecular weight excluding hydrogens is 246 g/mol. The minimum Gasteiger partial charge on any atom is -0.297 e. The van der Waals surface area contributed by atoms with Gasteiger partial charge in [-0.3, -0.25) is 9.69 Å². The third-order valence-electron chi connectivity index (χ3n) is 5.54. The molecule has 2 nitrogen and oxygen atoms in total. The number of hydrogen-bond acceptors (Lipinski definition) is 2. The molecule has 1 aliphatic carbocycles. The van der Waals surface area contributed by atoms with Crippen molar-refractivity contribution in [1.82, 2.24) is 4.90 Å². The standard InChI is InChI=1S/C18H25NO/c1-14-11-13-19(15(14)2)18(12-7-6-10-17(18)20)16-8-4-3-5-9-16/h3-5,8-9,14-15H,6-7,10-13H2,1-2H3. The van der Waals surface area contributed by atoms with Crippen LogP contribution in [0.3, 0.4) is 0 Å². The lowest BCUT2D eigenvalue weighted by atomic mass is 9.73. The van der Waals surface area contributed by atoms with E-state index in [1.54, 1.807) is 0 Å². The van der Waals surface area contributed by atoms with Crippen LogP contribution in [-0.4, -0.2) is 23.3 Å². The van der Waals surface area contributed by atoms with E-state index in [2.05, 4.69) is 43.0 Å². The molecule has 2 aliphatic rings. The Morgan fingerprint density at radius 2 is 1.90 bits per heavy atom. The summed E-state index contributed by atoms with van der Waals surface area (Å²) in [6, 6.07) is 11.0. The molecule has 1 saturated carbocycles. The number of ketones is 1. The van der Waals surface area contributed by atoms with Gasteiger partial charge in [0.1, 0.15) is 5.54 Å². The Kier molecular flexibility index (Phi) is 3.68. The van der Waals surface area contributed by atoms with Crippen LogP contribution in [0.15, 0.2) is 30.3 Å². The van der Waals surface area contributed by atoms with E-state index in [1.807, 2.05) is 6.07 Å². The molecule has 3 unspecified atom stereocenters. The minimum absolute atomic E-state index is 0.344. The van der Waals surface area contributed by atoms with E-state index in [0.717, 1.165) is 32.2 Å². The second-order valence-corrected chi connectivity index (χ2v) is 6.56. The maximum atomic E-state index is 12.9. The molecule has 0 aromatic heterocycles. The summed E-state index contributed by atoms with van der Waals surface area (Å²) in [7, 11) is 0. The van der Waals surface area contributed by atoms with Crippen molar-refractivity contribution < 1.29 is 4.79 Å². The number of Topliss-reactive ketones (excluding diaryl/α,β-unsaturated/α-hetero) is 1. The molecule has 1 aromatic carbocycles. The van der Waals surface area contributed by atoms with Crippen molar-refractivity contribution in [2.24, 2.45) is 5.92 Å². The lowest BCUT2D eigenvalue weighted by Gasteiger charge is -2.46. The van der Waals surface area contributed by atoms with Crippen LogP contribution in [0, 0.1) is 5.92 Å². The van der Waals surface area contributed by atoms with Gasteiger partial charge in [0.05, 0.1) is 0 Å². The highest BCUT2D eigenvalue weighted by Gasteiger charge is 2.50. The normalized spacial score (nSPS) is 35.4. The first-order valence-electron chi connectivity index (χ1n) is 8.02. The third kappa shape index (κ3) is 2.01. The van der Waals surface area contributed by atoms with Crippen LogP contribution in [0.25, 0.3) is 0 Å². The number of carbonyl (C=O) groups excluding carboxylic acids is 1. The summed E-state index contributed by atoms with van der Waals surface area (Å²) in [6.45, 7) is 5.67. The molecule has 3 atom stereocenters. The van der Waals surface area contributed by atoms with E-state index < -0.39 is 0 Å². The number of rotatable bonds is 2. The zero-order valence-electron chi connectivity index (χ0n) is 12.6. The van der Waals surface area contributed by atoms with Crippen LogP contribution < -0.4 is 0 Å². The van der Waals surface area contributed by atoms with Gasteiger partial charge in [0.25, 0.3) is 0 Å². The summed E-state index contributed by atoms with van der Waals surface area (Å²) < 4.78 is 0. The van der Waals surface area contributed by atoms with Crippen LogP contribution in [0.2, 0.25) is 0 Å². The van der Waals surface area contributed by atoms with Gasteiger partial charge in [0.15, 0.2) is 5.78 Å². The van der Waals surface area contributed by atoms with Gasteiger partial charge in [-0.15, -0.1) is 0 Å². The molecule has 0 radical (unpaired) electrons. The molecule has 1 heterocycles. The van der Waals surface area contributed by atoms with Gasteiger partial charge in [-0.25, -0.2) is 0 Å². The van der Waals surface area contributed by atoms with Crippen LogP contribution in [-0.2, 0) is 10.3 Å². The first kappa shape index (κ1) is 13.8. The van der Waals surface area contributed by atoms with E-state index in [0.29, 0.717) is 17.7 Å². The van der Waals surface area contributed by atoms with Crippen molar-refractivity contribution in [3.63, 3.8) is 0 Å². The Morgan fingerprint density at radius 1 is 1.15 bits per heavy atom. The molecular formula is C18H25NO. The van der Waals surface area contributed by atoms with Gasteiger partial charge in [0.2, 0.25) is 0 Å². The van der Waals surface area contributed by atoms with Gasteiger partial charge >= 0.3 is 0 Å². The molecule has 1 aliphatic heterocycles. The third-order valence-corrected chi connectivity index (χ3v) is 5.54. The smallest absolute Gasteiger partial charge is 0.157 e. The lowest BCUT2D eigenvalue weighted by Crippen LogP contribution is -2.55. The van der Waals surface area contributed by atoms with Crippen molar-refractivity contribution in [1.29, 1.82) is 0 Å². The Hall–Kier alpha value is -1.15. The molecule has 0 N–H and O–H groups in total. The Bertz CT molecular complexity index is 483. The highest BCUT2D eigenvalue weighted by atomic mass is 16.1. The zero-order valence-corrected chi connectivity index (χ0v) is 12.6. The van der Waals surface area contributed by atoms with Gasteiger partial charge in [-0.2, -0.15) is 0 Å². The highest BCUT2D eigenvalue weighted by molar-refractivity contribution is 5.90. The summed E-state index contributed by atoms with van der Waals surface area (Å²) >= 11 is 0. The average Bonchev–Trinajstić information content (AvgIpc) is 2.81. The van der Waals surface area contributed by atoms with Crippen LogP contribution in [0.4, 0.5) is 0 Å². The van der Waals surface area contributed by atoms with Crippen molar-refractivity contribution in [3.8, 4) is 0 Å². The molecule has 20 heavy (non-hydrogen) atoms. The van der Waals surface area contributed by atoms with Crippen molar-refractivity contribution >= 4 is 5.78 Å². The Balaban J connectivity index is 2.06. The summed E-state index contributed by atoms with van der Waals surface area (Å²) in [5.41, 5.74) is 0.870. The first-order chi connectivity index (χ1) is 9.66. The first-order valence-corrected chi connectivity index (χ1v) is 8.02. The van der Waals surface area contributed by atoms with Gasteiger partial charge in [-0.1, -0.05) is 43.7 Å². The SMILES string of the molecule is CC1CCN(C2(c3ccccc3)CCCCC2=O)C1C. The molecule has 1 saturated heterocycles. The number of benzene rings is 1. The highest BCUT2D eigenvalue weighted by Crippen LogP contribution is 2.44. The minimum atomic E-state index is -0.344. The summed E-state index contributed by atoms with van der Waals surface area (Å²) in [5.74, 6) is 1.13. The maximum Gasteiger partial charge on any atom is 0.157 e. The van der Waals surface area contributed by atoms with E-state index in [9.17, 15) is 4.79 Å². The van der Waals surface area contributed by atoms with Gasteiger partial charge in [0, 0.05) is 19.0 Å². The molecule has 0 spiro atoms. The number of nitrogens with zero attached hydrogens (tertiary/aromatic N) is 1. The number of hydrogen-bond donors (Lipinski definition) is 0. The molecule has 0 bridgehead atoms. The monoisotopic (exact) mass is 271 g/mol. The van der Waals surface area contributed by atoms with Gasteiger partial charge in [-0.05, 0) is 37.7 Å². The molecule has 108 valence electrons. The Labute approximate surface area is 122 Å². The Morgan fingerprint density at radius 3 is 2.50 bits per heavy atom. The van der Waals surface area contributed by atoms with Crippen LogP contribution in [0.5, 0.6) is 0 Å². The topological polar surface area (TPSA) is 20.3 Å². The second kappa shape index (κ2) is 5.33. The summed E-state index contributed by atoms with van der Waals surface area (Å²) in [6.07, 6.45) is 5.17.